The van der Waals surface area contributed by atoms with Crippen molar-refractivity contribution in [2.45, 2.75) is 26.7 Å². The highest BCUT2D eigenvalue weighted by Gasteiger charge is 2.17. The highest BCUT2D eigenvalue weighted by atomic mass is 32.1. The van der Waals surface area contributed by atoms with Crippen LogP contribution in [-0.4, -0.2) is 16.1 Å². The minimum Gasteiger partial charge on any atom is -0.478 e. The second-order valence-electron chi connectivity index (χ2n) is 3.84. The molecule has 0 unspecified atom stereocenters. The van der Waals surface area contributed by atoms with Crippen LogP contribution in [0.4, 0.5) is 0 Å². The molecule has 4 heteroatoms. The first-order valence-electron chi connectivity index (χ1n) is 5.13. The van der Waals surface area contributed by atoms with Gasteiger partial charge in [0, 0.05) is 16.9 Å². The van der Waals surface area contributed by atoms with Crippen LogP contribution in [0.15, 0.2) is 17.7 Å². The Kier molecular flexibility index (Phi) is 2.92. The molecule has 1 aromatic heterocycles. The number of aryl methyl sites for hydroxylation is 2. The van der Waals surface area contributed by atoms with Gasteiger partial charge in [0.15, 0.2) is 0 Å². The fourth-order valence-electron chi connectivity index (χ4n) is 1.63. The predicted octanol–water partition coefficient (Wildman–Crippen LogP) is 2.95. The minimum atomic E-state index is -0.824. The molecule has 1 aromatic rings. The Balaban J connectivity index is 2.24. The molecule has 3 nitrogen and oxygen atoms in total. The first kappa shape index (κ1) is 11.1. The van der Waals surface area contributed by atoms with Crippen LogP contribution < -0.4 is 0 Å². The summed E-state index contributed by atoms with van der Waals surface area (Å²) >= 11 is 1.64. The third-order valence-corrected chi connectivity index (χ3v) is 3.84. The quantitative estimate of drug-likeness (QED) is 0.857. The molecule has 0 saturated heterocycles. The molecule has 1 heterocycles. The Morgan fingerprint density at radius 2 is 2.19 bits per heavy atom. The number of hydrogen-bond donors (Lipinski definition) is 1. The summed E-state index contributed by atoms with van der Waals surface area (Å²) in [5.74, 6) is -0.824. The zero-order valence-corrected chi connectivity index (χ0v) is 10.1. The zero-order chi connectivity index (χ0) is 11.7. The summed E-state index contributed by atoms with van der Waals surface area (Å²) in [5.41, 5.74) is 2.55. The highest BCUT2D eigenvalue weighted by Crippen LogP contribution is 2.31. The third kappa shape index (κ3) is 2.07. The van der Waals surface area contributed by atoms with E-state index in [0.717, 1.165) is 16.3 Å². The van der Waals surface area contributed by atoms with Crippen molar-refractivity contribution in [1.29, 1.82) is 0 Å². The van der Waals surface area contributed by atoms with Crippen LogP contribution in [0.5, 0.6) is 0 Å². The van der Waals surface area contributed by atoms with E-state index in [1.807, 2.05) is 13.8 Å². The molecule has 1 aliphatic carbocycles. The summed E-state index contributed by atoms with van der Waals surface area (Å²) < 4.78 is 0. The van der Waals surface area contributed by atoms with Crippen LogP contribution in [0.1, 0.15) is 28.4 Å². The maximum atomic E-state index is 10.9. The topological polar surface area (TPSA) is 50.2 Å². The first-order chi connectivity index (χ1) is 7.58. The van der Waals surface area contributed by atoms with E-state index < -0.39 is 5.97 Å². The van der Waals surface area contributed by atoms with Crippen molar-refractivity contribution >= 4 is 22.9 Å². The van der Waals surface area contributed by atoms with E-state index in [9.17, 15) is 4.79 Å². The lowest BCUT2D eigenvalue weighted by Gasteiger charge is -2.09. The van der Waals surface area contributed by atoms with Gasteiger partial charge in [-0.1, -0.05) is 12.2 Å². The van der Waals surface area contributed by atoms with E-state index >= 15 is 0 Å². The van der Waals surface area contributed by atoms with Gasteiger partial charge in [-0.3, -0.25) is 0 Å². The van der Waals surface area contributed by atoms with E-state index in [2.05, 4.69) is 11.1 Å². The van der Waals surface area contributed by atoms with Gasteiger partial charge >= 0.3 is 5.97 Å². The number of nitrogens with zero attached hydrogens (tertiary/aromatic N) is 1. The van der Waals surface area contributed by atoms with Gasteiger partial charge in [0.2, 0.25) is 0 Å². The molecule has 0 aliphatic heterocycles. The number of aliphatic carboxylic acids is 1. The number of carbonyl (C=O) groups is 1. The zero-order valence-electron chi connectivity index (χ0n) is 9.28. The van der Waals surface area contributed by atoms with Crippen molar-refractivity contribution in [3.05, 3.63) is 33.3 Å². The average Bonchev–Trinajstić information content (AvgIpc) is 2.59. The second-order valence-corrected chi connectivity index (χ2v) is 5.04. The summed E-state index contributed by atoms with van der Waals surface area (Å²) in [7, 11) is 0. The molecular weight excluding hydrogens is 222 g/mol. The van der Waals surface area contributed by atoms with Gasteiger partial charge in [-0.2, -0.15) is 0 Å². The van der Waals surface area contributed by atoms with E-state index in [0.29, 0.717) is 18.4 Å². The first-order valence-corrected chi connectivity index (χ1v) is 5.95. The summed E-state index contributed by atoms with van der Waals surface area (Å²) in [5, 5.41) is 9.91. The smallest absolute Gasteiger partial charge is 0.331 e. The molecule has 0 aromatic carbocycles. The minimum absolute atomic E-state index is 0.475. The van der Waals surface area contributed by atoms with Crippen LogP contribution in [0.2, 0.25) is 0 Å². The average molecular weight is 235 g/mol. The maximum absolute atomic E-state index is 10.9. The molecule has 0 fully saturated rings. The lowest BCUT2D eigenvalue weighted by atomic mass is 9.99. The molecule has 16 heavy (non-hydrogen) atoms. The van der Waals surface area contributed by atoms with E-state index in [4.69, 9.17) is 5.11 Å². The number of allylic oxidation sites excluding steroid dienone is 3. The van der Waals surface area contributed by atoms with Crippen LogP contribution in [0, 0.1) is 13.8 Å². The van der Waals surface area contributed by atoms with Gasteiger partial charge in [0.1, 0.15) is 5.01 Å². The van der Waals surface area contributed by atoms with Crippen LogP contribution in [0.3, 0.4) is 0 Å². The van der Waals surface area contributed by atoms with Crippen molar-refractivity contribution in [2.75, 3.05) is 0 Å². The molecular formula is C12H13NO2S. The van der Waals surface area contributed by atoms with Gasteiger partial charge in [0.05, 0.1) is 5.69 Å². The number of carboxylic acid groups (broad SMARTS) is 1. The molecule has 0 amide bonds. The Hall–Kier alpha value is -1.42. The third-order valence-electron chi connectivity index (χ3n) is 2.69. The molecule has 2 rings (SSSR count). The molecule has 0 saturated carbocycles. The summed E-state index contributed by atoms with van der Waals surface area (Å²) in [6, 6.07) is 0. The summed E-state index contributed by atoms with van der Waals surface area (Å²) in [6.45, 7) is 4.01. The van der Waals surface area contributed by atoms with Crippen molar-refractivity contribution < 1.29 is 9.90 Å². The van der Waals surface area contributed by atoms with E-state index in [1.165, 1.54) is 4.88 Å². The molecule has 84 valence electrons. The fraction of sp³-hybridized carbons (Fsp3) is 0.333. The lowest BCUT2D eigenvalue weighted by Crippen LogP contribution is -2.04. The van der Waals surface area contributed by atoms with Gasteiger partial charge in [-0.25, -0.2) is 9.78 Å². The van der Waals surface area contributed by atoms with Crippen molar-refractivity contribution in [3.8, 4) is 0 Å². The second kappa shape index (κ2) is 4.22. The Morgan fingerprint density at radius 1 is 1.44 bits per heavy atom. The maximum Gasteiger partial charge on any atom is 0.331 e. The number of thiazole rings is 1. The molecule has 0 spiro atoms. The van der Waals surface area contributed by atoms with Crippen LogP contribution >= 0.6 is 11.3 Å². The number of aromatic nitrogens is 1. The van der Waals surface area contributed by atoms with Crippen LogP contribution in [-0.2, 0) is 4.79 Å². The molecule has 0 bridgehead atoms. The SMILES string of the molecule is Cc1nc(C2=CCC=C(C(=O)O)C2)sc1C. The monoisotopic (exact) mass is 235 g/mol. The van der Waals surface area contributed by atoms with Crippen LogP contribution in [0.25, 0.3) is 5.57 Å². The van der Waals surface area contributed by atoms with Gasteiger partial charge in [-0.05, 0) is 25.8 Å². The Morgan fingerprint density at radius 3 is 2.75 bits per heavy atom. The fourth-order valence-corrected chi connectivity index (χ4v) is 2.58. The normalized spacial score (nSPS) is 15.6. The summed E-state index contributed by atoms with van der Waals surface area (Å²) in [4.78, 5) is 16.5. The molecule has 0 radical (unpaired) electrons. The Bertz CT molecular complexity index is 478. The van der Waals surface area contributed by atoms with Gasteiger partial charge < -0.3 is 5.11 Å². The number of hydrogen-bond acceptors (Lipinski definition) is 3. The van der Waals surface area contributed by atoms with Crippen molar-refractivity contribution in [1.82, 2.24) is 4.98 Å². The number of rotatable bonds is 2. The number of carboxylic acids is 1. The molecule has 1 N–H and O–H groups in total. The van der Waals surface area contributed by atoms with E-state index in [1.54, 1.807) is 17.4 Å². The van der Waals surface area contributed by atoms with Gasteiger partial charge in [-0.15, -0.1) is 11.3 Å². The highest BCUT2D eigenvalue weighted by molar-refractivity contribution is 7.12. The lowest BCUT2D eigenvalue weighted by molar-refractivity contribution is -0.132. The van der Waals surface area contributed by atoms with E-state index in [-0.39, 0.29) is 0 Å². The Labute approximate surface area is 98.1 Å². The molecule has 0 atom stereocenters. The molecule has 1 aliphatic rings. The predicted molar refractivity (Wildman–Crippen MR) is 64.5 cm³/mol. The van der Waals surface area contributed by atoms with Crippen molar-refractivity contribution in [3.63, 3.8) is 0 Å². The standard InChI is InChI=1S/C12H13NO2S/c1-7-8(2)16-11(13-7)9-4-3-5-10(6-9)12(14)15/h4-5H,3,6H2,1-2H3,(H,14,15). The summed E-state index contributed by atoms with van der Waals surface area (Å²) in [6.07, 6.45) is 5.00. The van der Waals surface area contributed by atoms with Gasteiger partial charge in [0.25, 0.3) is 0 Å². The van der Waals surface area contributed by atoms with Crippen molar-refractivity contribution in [2.24, 2.45) is 0 Å². The largest absolute Gasteiger partial charge is 0.478 e.